The number of likely N-dealkylation sites (tertiary alicyclic amines) is 1. The van der Waals surface area contributed by atoms with Gasteiger partial charge >= 0.3 is 0 Å². The van der Waals surface area contributed by atoms with Crippen molar-refractivity contribution in [2.75, 3.05) is 20.2 Å². The summed E-state index contributed by atoms with van der Waals surface area (Å²) in [5.41, 5.74) is 0.746. The molecule has 25 heavy (non-hydrogen) atoms. The molecule has 0 aromatic heterocycles. The van der Waals surface area contributed by atoms with E-state index >= 15 is 0 Å². The number of halogens is 1. The van der Waals surface area contributed by atoms with Gasteiger partial charge in [-0.3, -0.25) is 4.79 Å². The number of amides is 1. The minimum Gasteiger partial charge on any atom is -0.497 e. The Morgan fingerprint density at radius 1 is 1.16 bits per heavy atom. The maximum Gasteiger partial charge on any atom is 0.227 e. The average Bonchev–Trinajstić information content (AvgIpc) is 2.55. The Kier molecular flexibility index (Phi) is 5.01. The molecule has 1 aliphatic heterocycles. The maximum absolute atomic E-state index is 12.6. The van der Waals surface area contributed by atoms with Gasteiger partial charge in [0.15, 0.2) is 9.84 Å². The zero-order valence-electron chi connectivity index (χ0n) is 13.7. The fourth-order valence-electron chi connectivity index (χ4n) is 2.71. The topological polar surface area (TPSA) is 63.7 Å². The molecule has 1 amide bonds. The van der Waals surface area contributed by atoms with Crippen molar-refractivity contribution in [2.45, 2.75) is 16.6 Å². The van der Waals surface area contributed by atoms with Crippen LogP contribution in [0.3, 0.4) is 0 Å². The van der Waals surface area contributed by atoms with E-state index in [1.165, 1.54) is 19.2 Å². The zero-order chi connectivity index (χ0) is 18.0. The standard InChI is InChI=1S/C18H18ClNO4S/c1-24-14-6-8-15(9-7-14)25(22,23)16-11-20(12-16)18(21)10-13-4-2-3-5-17(13)19/h2-9,16H,10-12H2,1H3. The molecule has 2 aromatic carbocycles. The molecule has 3 rings (SSSR count). The predicted octanol–water partition coefficient (Wildman–Crippen LogP) is 2.58. The maximum atomic E-state index is 12.6. The van der Waals surface area contributed by atoms with Crippen molar-refractivity contribution in [3.05, 3.63) is 59.1 Å². The molecule has 1 heterocycles. The van der Waals surface area contributed by atoms with Crippen molar-refractivity contribution in [2.24, 2.45) is 0 Å². The molecule has 1 saturated heterocycles. The van der Waals surface area contributed by atoms with E-state index in [-0.39, 0.29) is 30.3 Å². The van der Waals surface area contributed by atoms with E-state index in [0.29, 0.717) is 10.8 Å². The molecule has 0 saturated carbocycles. The predicted molar refractivity (Wildman–Crippen MR) is 95.7 cm³/mol. The van der Waals surface area contributed by atoms with Crippen LogP contribution in [0.5, 0.6) is 5.75 Å². The van der Waals surface area contributed by atoms with Gasteiger partial charge < -0.3 is 9.64 Å². The van der Waals surface area contributed by atoms with Gasteiger partial charge in [-0.1, -0.05) is 29.8 Å². The molecule has 0 bridgehead atoms. The van der Waals surface area contributed by atoms with Crippen LogP contribution in [-0.2, 0) is 21.1 Å². The van der Waals surface area contributed by atoms with Crippen LogP contribution in [0.1, 0.15) is 5.56 Å². The van der Waals surface area contributed by atoms with Gasteiger partial charge in [-0.15, -0.1) is 0 Å². The van der Waals surface area contributed by atoms with Crippen molar-refractivity contribution in [1.82, 2.24) is 4.90 Å². The minimum atomic E-state index is -3.45. The number of carbonyl (C=O) groups is 1. The summed E-state index contributed by atoms with van der Waals surface area (Å²) < 4.78 is 30.2. The lowest BCUT2D eigenvalue weighted by molar-refractivity contribution is -0.133. The number of hydrogen-bond donors (Lipinski definition) is 0. The van der Waals surface area contributed by atoms with Crippen molar-refractivity contribution >= 4 is 27.3 Å². The van der Waals surface area contributed by atoms with Crippen LogP contribution >= 0.6 is 11.6 Å². The minimum absolute atomic E-state index is 0.116. The Balaban J connectivity index is 1.63. The van der Waals surface area contributed by atoms with Gasteiger partial charge in [-0.2, -0.15) is 0 Å². The van der Waals surface area contributed by atoms with Gasteiger partial charge in [0.25, 0.3) is 0 Å². The summed E-state index contributed by atoms with van der Waals surface area (Å²) in [6.07, 6.45) is 0.176. The molecule has 7 heteroatoms. The van der Waals surface area contributed by atoms with Gasteiger partial charge in [0.05, 0.1) is 18.4 Å². The number of benzene rings is 2. The molecular weight excluding hydrogens is 362 g/mol. The lowest BCUT2D eigenvalue weighted by atomic mass is 10.1. The quantitative estimate of drug-likeness (QED) is 0.801. The summed E-state index contributed by atoms with van der Waals surface area (Å²) in [6, 6.07) is 13.4. The zero-order valence-corrected chi connectivity index (χ0v) is 15.3. The lowest BCUT2D eigenvalue weighted by Gasteiger charge is -2.38. The molecule has 0 N–H and O–H groups in total. The van der Waals surface area contributed by atoms with E-state index in [0.717, 1.165) is 5.56 Å². The Labute approximate surface area is 152 Å². The molecule has 0 atom stereocenters. The third-order valence-electron chi connectivity index (χ3n) is 4.33. The van der Waals surface area contributed by atoms with Crippen LogP contribution in [0.15, 0.2) is 53.4 Å². The highest BCUT2D eigenvalue weighted by molar-refractivity contribution is 7.92. The van der Waals surface area contributed by atoms with Crippen molar-refractivity contribution < 1.29 is 17.9 Å². The molecule has 0 radical (unpaired) electrons. The number of rotatable bonds is 5. The van der Waals surface area contributed by atoms with E-state index in [1.807, 2.05) is 6.07 Å². The Morgan fingerprint density at radius 2 is 1.80 bits per heavy atom. The summed E-state index contributed by atoms with van der Waals surface area (Å²) in [4.78, 5) is 14.1. The summed E-state index contributed by atoms with van der Waals surface area (Å²) >= 11 is 6.06. The van der Waals surface area contributed by atoms with Crippen molar-refractivity contribution in [1.29, 1.82) is 0 Å². The normalized spacial score (nSPS) is 14.9. The second-order valence-electron chi connectivity index (χ2n) is 5.91. The van der Waals surface area contributed by atoms with E-state index < -0.39 is 15.1 Å². The van der Waals surface area contributed by atoms with E-state index in [2.05, 4.69) is 0 Å². The Hall–Kier alpha value is -2.05. The van der Waals surface area contributed by atoms with Crippen LogP contribution < -0.4 is 4.74 Å². The van der Waals surface area contributed by atoms with E-state index in [4.69, 9.17) is 16.3 Å². The largest absolute Gasteiger partial charge is 0.497 e. The number of sulfone groups is 1. The van der Waals surface area contributed by atoms with Crippen LogP contribution in [0.2, 0.25) is 5.02 Å². The monoisotopic (exact) mass is 379 g/mol. The molecule has 1 fully saturated rings. The first kappa shape index (κ1) is 17.8. The number of methoxy groups -OCH3 is 1. The third kappa shape index (κ3) is 3.65. The summed E-state index contributed by atoms with van der Waals surface area (Å²) in [5.74, 6) is 0.485. The van der Waals surface area contributed by atoms with Gasteiger partial charge in [-0.25, -0.2) is 8.42 Å². The van der Waals surface area contributed by atoms with Crippen LogP contribution in [0.4, 0.5) is 0 Å². The number of hydrogen-bond acceptors (Lipinski definition) is 4. The molecular formula is C18H18ClNO4S. The first-order chi connectivity index (χ1) is 11.9. The molecule has 0 spiro atoms. The van der Waals surface area contributed by atoms with Crippen molar-refractivity contribution in [3.8, 4) is 5.75 Å². The van der Waals surface area contributed by atoms with E-state index in [9.17, 15) is 13.2 Å². The smallest absolute Gasteiger partial charge is 0.227 e. The second-order valence-corrected chi connectivity index (χ2v) is 8.54. The van der Waals surface area contributed by atoms with Crippen molar-refractivity contribution in [3.63, 3.8) is 0 Å². The summed E-state index contributed by atoms with van der Waals surface area (Å²) in [6.45, 7) is 0.412. The highest BCUT2D eigenvalue weighted by Crippen LogP contribution is 2.26. The molecule has 0 aliphatic carbocycles. The summed E-state index contributed by atoms with van der Waals surface area (Å²) in [5, 5.41) is -0.0325. The first-order valence-corrected chi connectivity index (χ1v) is 9.73. The Morgan fingerprint density at radius 3 is 2.40 bits per heavy atom. The first-order valence-electron chi connectivity index (χ1n) is 7.81. The van der Waals surface area contributed by atoms with Crippen LogP contribution in [0, 0.1) is 0 Å². The van der Waals surface area contributed by atoms with Gasteiger partial charge in [0.2, 0.25) is 5.91 Å². The number of carbonyl (C=O) groups excluding carboxylic acids is 1. The SMILES string of the molecule is COc1ccc(S(=O)(=O)C2CN(C(=O)Cc3ccccc3Cl)C2)cc1. The van der Waals surface area contributed by atoms with Gasteiger partial charge in [0, 0.05) is 18.1 Å². The average molecular weight is 380 g/mol. The van der Waals surface area contributed by atoms with Crippen LogP contribution in [-0.4, -0.2) is 44.7 Å². The number of nitrogens with zero attached hydrogens (tertiary/aromatic N) is 1. The van der Waals surface area contributed by atoms with Gasteiger partial charge in [-0.05, 0) is 35.9 Å². The molecule has 132 valence electrons. The molecule has 2 aromatic rings. The molecule has 1 aliphatic rings. The molecule has 5 nitrogen and oxygen atoms in total. The molecule has 0 unspecified atom stereocenters. The summed E-state index contributed by atoms with van der Waals surface area (Å²) in [7, 11) is -1.92. The highest BCUT2D eigenvalue weighted by Gasteiger charge is 2.40. The second kappa shape index (κ2) is 7.06. The Bertz CT molecular complexity index is 874. The lowest BCUT2D eigenvalue weighted by Crippen LogP contribution is -2.57. The highest BCUT2D eigenvalue weighted by atomic mass is 35.5. The number of ether oxygens (including phenoxy) is 1. The third-order valence-corrected chi connectivity index (χ3v) is 6.80. The van der Waals surface area contributed by atoms with E-state index in [1.54, 1.807) is 35.2 Å². The fourth-order valence-corrected chi connectivity index (χ4v) is 4.57. The van der Waals surface area contributed by atoms with Gasteiger partial charge in [0.1, 0.15) is 11.0 Å². The fraction of sp³-hybridized carbons (Fsp3) is 0.278. The van der Waals surface area contributed by atoms with Crippen LogP contribution in [0.25, 0.3) is 0 Å².